The van der Waals surface area contributed by atoms with Crippen molar-refractivity contribution in [2.45, 2.75) is 45.4 Å². The second kappa shape index (κ2) is 12.5. The van der Waals surface area contributed by atoms with Crippen LogP contribution in [0.5, 0.6) is 5.75 Å². The van der Waals surface area contributed by atoms with Crippen molar-refractivity contribution >= 4 is 47.0 Å². The first kappa shape index (κ1) is 29.3. The molecule has 2 unspecified atom stereocenters. The number of phenolic OH excluding ortho intramolecular Hbond substituents is 1. The van der Waals surface area contributed by atoms with E-state index in [9.17, 15) is 24.8 Å². The molecule has 0 aliphatic rings. The van der Waals surface area contributed by atoms with Gasteiger partial charge >= 0.3 is 6.09 Å². The second-order valence-electron chi connectivity index (χ2n) is 9.97. The van der Waals surface area contributed by atoms with Gasteiger partial charge in [0.05, 0.1) is 6.07 Å². The second-order valence-corrected chi connectivity index (χ2v) is 10.3. The first-order valence-corrected chi connectivity index (χ1v) is 12.9. The highest BCUT2D eigenvalue weighted by molar-refractivity contribution is 7.80. The van der Waals surface area contributed by atoms with Crippen molar-refractivity contribution in [1.29, 1.82) is 5.26 Å². The van der Waals surface area contributed by atoms with Gasteiger partial charge in [0.1, 0.15) is 30.0 Å². The molecule has 0 saturated carbocycles. The maximum atomic E-state index is 13.8. The number of hydrogen-bond acceptors (Lipinski definition) is 7. The van der Waals surface area contributed by atoms with Crippen LogP contribution in [0.2, 0.25) is 0 Å². The van der Waals surface area contributed by atoms with Crippen molar-refractivity contribution in [2.75, 3.05) is 17.6 Å². The average molecular weight is 549 g/mol. The third kappa shape index (κ3) is 7.42. The van der Waals surface area contributed by atoms with Gasteiger partial charge in [0.15, 0.2) is 0 Å². The lowest BCUT2D eigenvalue weighted by atomic mass is 9.99. The van der Waals surface area contributed by atoms with Gasteiger partial charge in [0.25, 0.3) is 5.91 Å². The van der Waals surface area contributed by atoms with Crippen LogP contribution in [-0.2, 0) is 14.3 Å². The molecule has 0 radical (unpaired) electrons. The normalized spacial score (nSPS) is 12.6. The van der Waals surface area contributed by atoms with Crippen LogP contribution in [0.1, 0.15) is 37.9 Å². The van der Waals surface area contributed by atoms with Gasteiger partial charge in [-0.15, -0.1) is 0 Å². The Morgan fingerprint density at radius 3 is 2.41 bits per heavy atom. The number of nitrogens with one attached hydrogen (secondary N) is 2. The number of ether oxygens (including phenoxy) is 1. The number of phenols is 1. The summed E-state index contributed by atoms with van der Waals surface area (Å²) in [5, 5.41) is 27.7. The van der Waals surface area contributed by atoms with Gasteiger partial charge in [-0.25, -0.2) is 4.79 Å². The van der Waals surface area contributed by atoms with Gasteiger partial charge in [-0.2, -0.15) is 17.9 Å². The summed E-state index contributed by atoms with van der Waals surface area (Å²) in [6, 6.07) is 17.1. The van der Waals surface area contributed by atoms with E-state index in [4.69, 9.17) is 4.74 Å². The SMILES string of the molecule is Cc1cccc(C(C(=O)Nc2ccc3ccccc3c2)N(CC#N)C(=O)C(CS)NC(=O)OC(C)(C)C)c1O. The quantitative estimate of drug-likeness (QED) is 0.238. The molecule has 9 nitrogen and oxygen atoms in total. The first-order valence-electron chi connectivity index (χ1n) is 12.3. The molecule has 10 heteroatoms. The number of aryl methyl sites for hydroxylation is 1. The number of para-hydroxylation sites is 1. The van der Waals surface area contributed by atoms with Gasteiger partial charge in [-0.1, -0.05) is 48.5 Å². The molecule has 0 fully saturated rings. The lowest BCUT2D eigenvalue weighted by Gasteiger charge is -2.33. The maximum Gasteiger partial charge on any atom is 0.408 e. The summed E-state index contributed by atoms with van der Waals surface area (Å²) < 4.78 is 5.26. The number of aromatic hydroxyl groups is 1. The standard InChI is InChI=1S/C29H32N4O5S/c1-18-8-7-11-22(25(18)34)24(26(35)31-21-13-12-19-9-5-6-10-20(19)16-21)33(15-14-30)27(36)23(17-39)32-28(37)38-29(2,3)4/h5-13,16,23-24,34,39H,15,17H2,1-4H3,(H,31,35)(H,32,37). The number of thiol groups is 1. The molecule has 3 aromatic rings. The zero-order valence-corrected chi connectivity index (χ0v) is 23.2. The van der Waals surface area contributed by atoms with Crippen molar-refractivity contribution in [3.05, 3.63) is 71.8 Å². The molecular weight excluding hydrogens is 516 g/mol. The summed E-state index contributed by atoms with van der Waals surface area (Å²) in [6.45, 7) is 6.20. The highest BCUT2D eigenvalue weighted by atomic mass is 32.1. The fraction of sp³-hybridized carbons (Fsp3) is 0.310. The summed E-state index contributed by atoms with van der Waals surface area (Å²) in [7, 11) is 0. The van der Waals surface area contributed by atoms with E-state index < -0.39 is 42.1 Å². The molecule has 0 aliphatic heterocycles. The van der Waals surface area contributed by atoms with E-state index in [1.54, 1.807) is 52.0 Å². The first-order chi connectivity index (χ1) is 18.4. The molecule has 0 heterocycles. The number of nitriles is 1. The minimum Gasteiger partial charge on any atom is -0.507 e. The van der Waals surface area contributed by atoms with Gasteiger partial charge in [-0.3, -0.25) is 9.59 Å². The van der Waals surface area contributed by atoms with Gasteiger partial charge in [0, 0.05) is 17.0 Å². The van der Waals surface area contributed by atoms with Gasteiger partial charge in [-0.05, 0) is 56.2 Å². The number of rotatable bonds is 8. The van der Waals surface area contributed by atoms with Crippen LogP contribution in [0.15, 0.2) is 60.7 Å². The van der Waals surface area contributed by atoms with Crippen molar-refractivity contribution in [3.63, 3.8) is 0 Å². The van der Waals surface area contributed by atoms with E-state index in [-0.39, 0.29) is 17.1 Å². The number of nitrogens with zero attached hydrogens (tertiary/aromatic N) is 2. The maximum absolute atomic E-state index is 13.8. The predicted octanol–water partition coefficient (Wildman–Crippen LogP) is 4.71. The number of fused-ring (bicyclic) bond motifs is 1. The van der Waals surface area contributed by atoms with E-state index >= 15 is 0 Å². The van der Waals surface area contributed by atoms with Gasteiger partial charge in [0.2, 0.25) is 5.91 Å². The molecule has 204 valence electrons. The molecule has 2 atom stereocenters. The number of amides is 3. The predicted molar refractivity (Wildman–Crippen MR) is 152 cm³/mol. The highest BCUT2D eigenvalue weighted by Crippen LogP contribution is 2.33. The number of anilines is 1. The fourth-order valence-electron chi connectivity index (χ4n) is 4.04. The number of hydrogen-bond donors (Lipinski definition) is 4. The Kier molecular flexibility index (Phi) is 9.43. The Morgan fingerprint density at radius 1 is 1.08 bits per heavy atom. The Hall–Kier alpha value is -4.23. The largest absolute Gasteiger partial charge is 0.507 e. The van der Waals surface area contributed by atoms with E-state index in [0.717, 1.165) is 15.7 Å². The van der Waals surface area contributed by atoms with Gasteiger partial charge < -0.3 is 25.4 Å². The molecule has 3 amide bonds. The molecular formula is C29H32N4O5S. The minimum atomic E-state index is -1.40. The number of alkyl carbamates (subject to hydrolysis) is 1. The molecule has 0 aliphatic carbocycles. The van der Waals surface area contributed by atoms with Crippen molar-refractivity contribution in [1.82, 2.24) is 10.2 Å². The Labute approximate surface area is 233 Å². The minimum absolute atomic E-state index is 0.126. The molecule has 3 N–H and O–H groups in total. The van der Waals surface area contributed by atoms with E-state index in [1.165, 1.54) is 6.07 Å². The van der Waals surface area contributed by atoms with Crippen LogP contribution in [0.3, 0.4) is 0 Å². The number of benzene rings is 3. The summed E-state index contributed by atoms with van der Waals surface area (Å²) in [5.74, 6) is -1.70. The van der Waals surface area contributed by atoms with Crippen LogP contribution in [0, 0.1) is 18.3 Å². The third-order valence-corrected chi connectivity index (χ3v) is 6.20. The van der Waals surface area contributed by atoms with Crippen LogP contribution in [0.4, 0.5) is 10.5 Å². The van der Waals surface area contributed by atoms with Crippen molar-refractivity contribution < 1.29 is 24.2 Å². The summed E-state index contributed by atoms with van der Waals surface area (Å²) >= 11 is 4.21. The third-order valence-electron chi connectivity index (χ3n) is 5.84. The van der Waals surface area contributed by atoms with Crippen LogP contribution < -0.4 is 10.6 Å². The molecule has 0 saturated heterocycles. The number of carbonyl (C=O) groups excluding carboxylic acids is 3. The monoisotopic (exact) mass is 548 g/mol. The average Bonchev–Trinajstić information content (AvgIpc) is 2.87. The van der Waals surface area contributed by atoms with Crippen molar-refractivity contribution in [2.24, 2.45) is 0 Å². The summed E-state index contributed by atoms with van der Waals surface area (Å²) in [5.41, 5.74) is 0.277. The molecule has 0 spiro atoms. The topological polar surface area (TPSA) is 132 Å². The van der Waals surface area contributed by atoms with Crippen LogP contribution in [-0.4, -0.2) is 51.9 Å². The molecule has 0 aromatic heterocycles. The van der Waals surface area contributed by atoms with E-state index in [1.807, 2.05) is 36.4 Å². The summed E-state index contributed by atoms with van der Waals surface area (Å²) in [6.07, 6.45) is -0.845. The Bertz CT molecular complexity index is 1410. The number of carbonyl (C=O) groups is 3. The zero-order valence-electron chi connectivity index (χ0n) is 22.3. The lowest BCUT2D eigenvalue weighted by Crippen LogP contribution is -2.53. The molecule has 0 bridgehead atoms. The molecule has 3 aromatic carbocycles. The fourth-order valence-corrected chi connectivity index (χ4v) is 4.29. The molecule has 3 rings (SSSR count). The Morgan fingerprint density at radius 2 is 1.77 bits per heavy atom. The highest BCUT2D eigenvalue weighted by Gasteiger charge is 2.37. The molecule has 39 heavy (non-hydrogen) atoms. The van der Waals surface area contributed by atoms with Crippen molar-refractivity contribution in [3.8, 4) is 11.8 Å². The van der Waals surface area contributed by atoms with E-state index in [0.29, 0.717) is 11.3 Å². The van der Waals surface area contributed by atoms with Crippen LogP contribution in [0.25, 0.3) is 10.8 Å². The lowest BCUT2D eigenvalue weighted by molar-refractivity contribution is -0.139. The zero-order chi connectivity index (χ0) is 28.7. The van der Waals surface area contributed by atoms with Crippen LogP contribution >= 0.6 is 12.6 Å². The van der Waals surface area contributed by atoms with E-state index in [2.05, 4.69) is 23.3 Å². The smallest absolute Gasteiger partial charge is 0.408 e. The summed E-state index contributed by atoms with van der Waals surface area (Å²) in [4.78, 5) is 40.9. The Balaban J connectivity index is 2.01.